The van der Waals surface area contributed by atoms with Gasteiger partial charge in [-0.2, -0.15) is 0 Å². The van der Waals surface area contributed by atoms with Gasteiger partial charge in [0.25, 0.3) is 5.91 Å². The number of rotatable bonds is 3. The molecule has 0 radical (unpaired) electrons. The Bertz CT molecular complexity index is 656. The first kappa shape index (κ1) is 14.0. The fourth-order valence-corrected chi connectivity index (χ4v) is 1.86. The topological polar surface area (TPSA) is 41.1 Å². The molecule has 0 bridgehead atoms. The van der Waals surface area contributed by atoms with Crippen molar-refractivity contribution in [3.63, 3.8) is 0 Å². The lowest BCUT2D eigenvalue weighted by Crippen LogP contribution is -2.15. The van der Waals surface area contributed by atoms with E-state index in [0.29, 0.717) is 5.56 Å². The highest BCUT2D eigenvalue weighted by Gasteiger charge is 2.13. The van der Waals surface area contributed by atoms with Crippen LogP contribution in [0, 0.1) is 18.6 Å². The monoisotopic (exact) mass is 276 g/mol. The number of benzene rings is 2. The number of hydrogen-bond donors (Lipinski definition) is 2. The fraction of sp³-hybridized carbons (Fsp3) is 0.133. The second-order valence-electron chi connectivity index (χ2n) is 4.34. The molecule has 0 atom stereocenters. The molecule has 0 aliphatic rings. The number of carbonyl (C=O) groups excluding carboxylic acids is 1. The second-order valence-corrected chi connectivity index (χ2v) is 4.34. The molecule has 5 heteroatoms. The Kier molecular flexibility index (Phi) is 3.98. The van der Waals surface area contributed by atoms with Crippen LogP contribution >= 0.6 is 0 Å². The van der Waals surface area contributed by atoms with E-state index in [1.165, 1.54) is 12.1 Å². The molecule has 2 rings (SSSR count). The second kappa shape index (κ2) is 5.69. The molecule has 0 fully saturated rings. The van der Waals surface area contributed by atoms with Crippen LogP contribution in [0.15, 0.2) is 36.4 Å². The number of anilines is 2. The lowest BCUT2D eigenvalue weighted by molar-refractivity contribution is 0.102. The fourth-order valence-electron chi connectivity index (χ4n) is 1.86. The van der Waals surface area contributed by atoms with Crippen LogP contribution in [0.5, 0.6) is 0 Å². The van der Waals surface area contributed by atoms with Crippen molar-refractivity contribution < 1.29 is 13.6 Å². The van der Waals surface area contributed by atoms with Crippen LogP contribution in [-0.2, 0) is 0 Å². The molecule has 20 heavy (non-hydrogen) atoms. The Labute approximate surface area is 115 Å². The summed E-state index contributed by atoms with van der Waals surface area (Å²) in [4.78, 5) is 12.1. The van der Waals surface area contributed by atoms with E-state index in [9.17, 15) is 13.6 Å². The largest absolute Gasteiger partial charge is 0.388 e. The molecule has 0 spiro atoms. The molecule has 1 amide bonds. The van der Waals surface area contributed by atoms with Crippen molar-refractivity contribution in [1.29, 1.82) is 0 Å². The predicted molar refractivity (Wildman–Crippen MR) is 75.0 cm³/mol. The third-order valence-electron chi connectivity index (χ3n) is 2.96. The van der Waals surface area contributed by atoms with Crippen molar-refractivity contribution in [3.05, 3.63) is 59.2 Å². The van der Waals surface area contributed by atoms with Crippen LogP contribution in [0.1, 0.15) is 15.9 Å². The van der Waals surface area contributed by atoms with Crippen molar-refractivity contribution in [1.82, 2.24) is 0 Å². The van der Waals surface area contributed by atoms with Gasteiger partial charge in [-0.15, -0.1) is 0 Å². The van der Waals surface area contributed by atoms with Crippen LogP contribution in [-0.4, -0.2) is 13.0 Å². The number of nitrogens with one attached hydrogen (secondary N) is 2. The average molecular weight is 276 g/mol. The summed E-state index contributed by atoms with van der Waals surface area (Å²) in [7, 11) is 1.77. The number of hydrogen-bond acceptors (Lipinski definition) is 2. The number of aryl methyl sites for hydroxylation is 1. The Morgan fingerprint density at radius 3 is 2.55 bits per heavy atom. The lowest BCUT2D eigenvalue weighted by atomic mass is 10.1. The Balaban J connectivity index is 2.26. The molecular weight excluding hydrogens is 262 g/mol. The molecular formula is C15H14F2N2O. The van der Waals surface area contributed by atoms with E-state index in [0.717, 1.165) is 17.3 Å². The lowest BCUT2D eigenvalue weighted by Gasteiger charge is -2.10. The van der Waals surface area contributed by atoms with Crippen LogP contribution in [0.3, 0.4) is 0 Å². The van der Waals surface area contributed by atoms with Crippen LogP contribution in [0.25, 0.3) is 0 Å². The maximum atomic E-state index is 13.5. The Morgan fingerprint density at radius 2 is 1.90 bits per heavy atom. The van der Waals surface area contributed by atoms with Gasteiger partial charge < -0.3 is 10.6 Å². The first-order valence-corrected chi connectivity index (χ1v) is 6.06. The molecule has 104 valence electrons. The van der Waals surface area contributed by atoms with Gasteiger partial charge in [-0.25, -0.2) is 8.78 Å². The van der Waals surface area contributed by atoms with Gasteiger partial charge in [0, 0.05) is 18.3 Å². The zero-order valence-corrected chi connectivity index (χ0v) is 11.1. The maximum absolute atomic E-state index is 13.5. The van der Waals surface area contributed by atoms with E-state index in [4.69, 9.17) is 0 Å². The van der Waals surface area contributed by atoms with Crippen molar-refractivity contribution in [2.45, 2.75) is 6.92 Å². The van der Waals surface area contributed by atoms with Gasteiger partial charge in [-0.1, -0.05) is 6.07 Å². The zero-order valence-electron chi connectivity index (χ0n) is 11.1. The summed E-state index contributed by atoms with van der Waals surface area (Å²) in [5, 5.41) is 5.33. The summed E-state index contributed by atoms with van der Waals surface area (Å²) in [5.41, 5.74) is 1.85. The average Bonchev–Trinajstić information content (AvgIpc) is 2.43. The molecule has 0 heterocycles. The van der Waals surface area contributed by atoms with Gasteiger partial charge in [-0.05, 0) is 42.8 Å². The minimum Gasteiger partial charge on any atom is -0.388 e. The number of carbonyl (C=O) groups is 1. The van der Waals surface area contributed by atoms with Gasteiger partial charge in [0.05, 0.1) is 5.69 Å². The standard InChI is InChI=1S/C15H14F2N2O/c1-9-8-10(18-2)6-7-11(9)15(20)19-13-5-3-4-12(16)14(13)17/h3-8,18H,1-2H3,(H,19,20). The predicted octanol–water partition coefficient (Wildman–Crippen LogP) is 3.57. The van der Waals surface area contributed by atoms with E-state index in [1.807, 2.05) is 0 Å². The van der Waals surface area contributed by atoms with E-state index < -0.39 is 17.5 Å². The van der Waals surface area contributed by atoms with E-state index >= 15 is 0 Å². The maximum Gasteiger partial charge on any atom is 0.256 e. The summed E-state index contributed by atoms with van der Waals surface area (Å²) >= 11 is 0. The first-order chi connectivity index (χ1) is 9.52. The van der Waals surface area contributed by atoms with Crippen molar-refractivity contribution in [2.24, 2.45) is 0 Å². The molecule has 0 saturated carbocycles. The first-order valence-electron chi connectivity index (χ1n) is 6.06. The summed E-state index contributed by atoms with van der Waals surface area (Å²) in [5.74, 6) is -2.54. The molecule has 0 aromatic heterocycles. The highest BCUT2D eigenvalue weighted by molar-refractivity contribution is 6.05. The third-order valence-corrected chi connectivity index (χ3v) is 2.96. The molecule has 0 aliphatic heterocycles. The molecule has 2 N–H and O–H groups in total. The van der Waals surface area contributed by atoms with Gasteiger partial charge in [0.2, 0.25) is 0 Å². The zero-order chi connectivity index (χ0) is 14.7. The molecule has 2 aromatic carbocycles. The smallest absolute Gasteiger partial charge is 0.256 e. The van der Waals surface area contributed by atoms with Crippen molar-refractivity contribution in [2.75, 3.05) is 17.7 Å². The molecule has 0 aliphatic carbocycles. The minimum atomic E-state index is -1.06. The quantitative estimate of drug-likeness (QED) is 0.899. The molecule has 0 unspecified atom stereocenters. The van der Waals surface area contributed by atoms with Gasteiger partial charge in [-0.3, -0.25) is 4.79 Å². The number of amides is 1. The number of halogens is 2. The normalized spacial score (nSPS) is 10.2. The van der Waals surface area contributed by atoms with Crippen LogP contribution in [0.2, 0.25) is 0 Å². The van der Waals surface area contributed by atoms with Crippen molar-refractivity contribution >= 4 is 17.3 Å². The van der Waals surface area contributed by atoms with Crippen LogP contribution in [0.4, 0.5) is 20.2 Å². The third kappa shape index (κ3) is 2.77. The van der Waals surface area contributed by atoms with Crippen LogP contribution < -0.4 is 10.6 Å². The van der Waals surface area contributed by atoms with Gasteiger partial charge >= 0.3 is 0 Å². The van der Waals surface area contributed by atoms with Gasteiger partial charge in [0.1, 0.15) is 0 Å². The highest BCUT2D eigenvalue weighted by atomic mass is 19.2. The van der Waals surface area contributed by atoms with E-state index in [-0.39, 0.29) is 5.69 Å². The van der Waals surface area contributed by atoms with E-state index in [2.05, 4.69) is 10.6 Å². The Morgan fingerprint density at radius 1 is 1.15 bits per heavy atom. The summed E-state index contributed by atoms with van der Waals surface area (Å²) in [6, 6.07) is 8.82. The minimum absolute atomic E-state index is 0.174. The molecule has 2 aromatic rings. The van der Waals surface area contributed by atoms with E-state index in [1.54, 1.807) is 32.2 Å². The Hall–Kier alpha value is -2.43. The molecule has 3 nitrogen and oxygen atoms in total. The highest BCUT2D eigenvalue weighted by Crippen LogP contribution is 2.20. The van der Waals surface area contributed by atoms with Gasteiger partial charge in [0.15, 0.2) is 11.6 Å². The summed E-state index contributed by atoms with van der Waals surface area (Å²) in [6.07, 6.45) is 0. The molecule has 0 saturated heterocycles. The van der Waals surface area contributed by atoms with Crippen molar-refractivity contribution in [3.8, 4) is 0 Å². The summed E-state index contributed by atoms with van der Waals surface area (Å²) in [6.45, 7) is 1.78. The summed E-state index contributed by atoms with van der Waals surface area (Å²) < 4.78 is 26.6. The SMILES string of the molecule is CNc1ccc(C(=O)Nc2cccc(F)c2F)c(C)c1.